The first-order valence-corrected chi connectivity index (χ1v) is 6.83. The van der Waals surface area contributed by atoms with E-state index in [-0.39, 0.29) is 5.82 Å². The second-order valence-corrected chi connectivity index (χ2v) is 5.30. The van der Waals surface area contributed by atoms with Gasteiger partial charge in [0.15, 0.2) is 0 Å². The van der Waals surface area contributed by atoms with Gasteiger partial charge in [-0.2, -0.15) is 0 Å². The molecule has 0 atom stereocenters. The molecule has 1 N–H and O–H groups in total. The maximum atomic E-state index is 13.2. The molecule has 2 rings (SSSR count). The lowest BCUT2D eigenvalue weighted by molar-refractivity contribution is 0.201. The second kappa shape index (κ2) is 6.30. The van der Waals surface area contributed by atoms with Crippen LogP contribution in [0.15, 0.2) is 18.2 Å². The van der Waals surface area contributed by atoms with E-state index >= 15 is 0 Å². The highest BCUT2D eigenvalue weighted by Gasteiger charge is 2.17. The van der Waals surface area contributed by atoms with Crippen molar-refractivity contribution in [2.75, 3.05) is 26.7 Å². The maximum absolute atomic E-state index is 13.2. The molecule has 0 saturated carbocycles. The molecule has 0 aliphatic carbocycles. The first-order chi connectivity index (χ1) is 8.66. The van der Waals surface area contributed by atoms with Crippen LogP contribution in [0.2, 0.25) is 0 Å². The van der Waals surface area contributed by atoms with E-state index in [2.05, 4.69) is 17.3 Å². The Kier molecular flexibility index (Phi) is 4.72. The van der Waals surface area contributed by atoms with Crippen LogP contribution in [0.1, 0.15) is 24.0 Å². The van der Waals surface area contributed by atoms with Gasteiger partial charge in [-0.1, -0.05) is 12.1 Å². The Morgan fingerprint density at radius 3 is 2.72 bits per heavy atom. The standard InChI is InChI=1S/C15H23FN2/c1-12-11-13(3-4-15(12)16)7-10-18(2)14-5-8-17-9-6-14/h3-4,11,14,17H,5-10H2,1-2H3. The summed E-state index contributed by atoms with van der Waals surface area (Å²) in [6.07, 6.45) is 3.47. The molecule has 18 heavy (non-hydrogen) atoms. The minimum Gasteiger partial charge on any atom is -0.317 e. The normalized spacial score (nSPS) is 17.3. The molecule has 0 unspecified atom stereocenters. The number of nitrogens with one attached hydrogen (secondary N) is 1. The van der Waals surface area contributed by atoms with Crippen molar-refractivity contribution in [3.8, 4) is 0 Å². The Morgan fingerprint density at radius 2 is 2.06 bits per heavy atom. The van der Waals surface area contributed by atoms with Gasteiger partial charge in [0.05, 0.1) is 0 Å². The third kappa shape index (κ3) is 3.53. The molecule has 1 heterocycles. The van der Waals surface area contributed by atoms with Gasteiger partial charge in [-0.15, -0.1) is 0 Å². The molecule has 100 valence electrons. The van der Waals surface area contributed by atoms with Crippen LogP contribution in [0.5, 0.6) is 0 Å². The molecule has 0 radical (unpaired) electrons. The summed E-state index contributed by atoms with van der Waals surface area (Å²) < 4.78 is 13.2. The molecule has 0 amide bonds. The Balaban J connectivity index is 1.84. The zero-order valence-electron chi connectivity index (χ0n) is 11.4. The van der Waals surface area contributed by atoms with Crippen molar-refractivity contribution in [1.29, 1.82) is 0 Å². The smallest absolute Gasteiger partial charge is 0.126 e. The highest BCUT2D eigenvalue weighted by atomic mass is 19.1. The van der Waals surface area contributed by atoms with Crippen molar-refractivity contribution >= 4 is 0 Å². The number of rotatable bonds is 4. The summed E-state index contributed by atoms with van der Waals surface area (Å²) in [6, 6.07) is 6.15. The molecule has 1 saturated heterocycles. The van der Waals surface area contributed by atoms with Gasteiger partial charge in [0.2, 0.25) is 0 Å². The number of nitrogens with zero attached hydrogens (tertiary/aromatic N) is 1. The minimum atomic E-state index is -0.106. The predicted molar refractivity (Wildman–Crippen MR) is 73.4 cm³/mol. The number of benzene rings is 1. The van der Waals surface area contributed by atoms with Gasteiger partial charge in [0, 0.05) is 12.6 Å². The minimum absolute atomic E-state index is 0.106. The summed E-state index contributed by atoms with van der Waals surface area (Å²) in [5.74, 6) is -0.106. The zero-order chi connectivity index (χ0) is 13.0. The van der Waals surface area contributed by atoms with Crippen LogP contribution in [0, 0.1) is 12.7 Å². The summed E-state index contributed by atoms with van der Waals surface area (Å²) in [5, 5.41) is 3.39. The Morgan fingerprint density at radius 1 is 1.33 bits per heavy atom. The monoisotopic (exact) mass is 250 g/mol. The fourth-order valence-corrected chi connectivity index (χ4v) is 2.60. The van der Waals surface area contributed by atoms with E-state index in [1.807, 2.05) is 19.1 Å². The largest absolute Gasteiger partial charge is 0.317 e. The average molecular weight is 250 g/mol. The number of hydrogen-bond donors (Lipinski definition) is 1. The van der Waals surface area contributed by atoms with Crippen molar-refractivity contribution in [3.05, 3.63) is 35.1 Å². The maximum Gasteiger partial charge on any atom is 0.126 e. The highest BCUT2D eigenvalue weighted by Crippen LogP contribution is 2.13. The summed E-state index contributed by atoms with van der Waals surface area (Å²) in [6.45, 7) is 5.14. The van der Waals surface area contributed by atoms with Crippen LogP contribution in [-0.4, -0.2) is 37.6 Å². The first-order valence-electron chi connectivity index (χ1n) is 6.83. The van der Waals surface area contributed by atoms with Gasteiger partial charge in [-0.05, 0) is 63.5 Å². The van der Waals surface area contributed by atoms with Gasteiger partial charge < -0.3 is 10.2 Å². The molecule has 1 aliphatic heterocycles. The third-order valence-electron chi connectivity index (χ3n) is 3.91. The van der Waals surface area contributed by atoms with Crippen LogP contribution < -0.4 is 5.32 Å². The second-order valence-electron chi connectivity index (χ2n) is 5.30. The fraction of sp³-hybridized carbons (Fsp3) is 0.600. The fourth-order valence-electron chi connectivity index (χ4n) is 2.60. The van der Waals surface area contributed by atoms with Gasteiger partial charge in [0.1, 0.15) is 5.82 Å². The van der Waals surface area contributed by atoms with Crippen molar-refractivity contribution in [1.82, 2.24) is 10.2 Å². The van der Waals surface area contributed by atoms with Crippen molar-refractivity contribution < 1.29 is 4.39 Å². The molecular formula is C15H23FN2. The van der Waals surface area contributed by atoms with E-state index in [0.717, 1.165) is 31.6 Å². The lowest BCUT2D eigenvalue weighted by Crippen LogP contribution is -2.41. The Bertz CT molecular complexity index is 386. The first kappa shape index (κ1) is 13.5. The molecule has 0 bridgehead atoms. The topological polar surface area (TPSA) is 15.3 Å². The van der Waals surface area contributed by atoms with Gasteiger partial charge >= 0.3 is 0 Å². The Labute approximate surface area is 109 Å². The van der Waals surface area contributed by atoms with E-state index in [1.54, 1.807) is 6.07 Å². The quantitative estimate of drug-likeness (QED) is 0.882. The number of piperidine rings is 1. The summed E-state index contributed by atoms with van der Waals surface area (Å²) >= 11 is 0. The van der Waals surface area contributed by atoms with Crippen LogP contribution in [0.4, 0.5) is 4.39 Å². The summed E-state index contributed by atoms with van der Waals surface area (Å²) in [4.78, 5) is 2.44. The molecule has 1 aliphatic rings. The average Bonchev–Trinajstić information content (AvgIpc) is 2.41. The van der Waals surface area contributed by atoms with Crippen LogP contribution >= 0.6 is 0 Å². The molecule has 0 spiro atoms. The van der Waals surface area contributed by atoms with E-state index in [9.17, 15) is 4.39 Å². The van der Waals surface area contributed by atoms with E-state index in [4.69, 9.17) is 0 Å². The lowest BCUT2D eigenvalue weighted by atomic mass is 10.0. The van der Waals surface area contributed by atoms with Crippen LogP contribution in [-0.2, 0) is 6.42 Å². The van der Waals surface area contributed by atoms with Crippen molar-refractivity contribution in [2.24, 2.45) is 0 Å². The molecule has 1 fully saturated rings. The zero-order valence-corrected chi connectivity index (χ0v) is 11.4. The van der Waals surface area contributed by atoms with Gasteiger partial charge in [0.25, 0.3) is 0 Å². The predicted octanol–water partition coefficient (Wildman–Crippen LogP) is 2.36. The van der Waals surface area contributed by atoms with Crippen molar-refractivity contribution in [3.63, 3.8) is 0 Å². The molecule has 2 nitrogen and oxygen atoms in total. The Hall–Kier alpha value is -0.930. The van der Waals surface area contributed by atoms with Gasteiger partial charge in [-0.25, -0.2) is 4.39 Å². The lowest BCUT2D eigenvalue weighted by Gasteiger charge is -2.31. The number of hydrogen-bond acceptors (Lipinski definition) is 2. The van der Waals surface area contributed by atoms with E-state index in [1.165, 1.54) is 18.4 Å². The number of likely N-dealkylation sites (N-methyl/N-ethyl adjacent to an activating group) is 1. The van der Waals surface area contributed by atoms with Crippen LogP contribution in [0.25, 0.3) is 0 Å². The summed E-state index contributed by atoms with van der Waals surface area (Å²) in [7, 11) is 2.20. The molecule has 3 heteroatoms. The van der Waals surface area contributed by atoms with Gasteiger partial charge in [-0.3, -0.25) is 0 Å². The van der Waals surface area contributed by atoms with E-state index < -0.39 is 0 Å². The molecule has 0 aromatic heterocycles. The van der Waals surface area contributed by atoms with Crippen molar-refractivity contribution in [2.45, 2.75) is 32.2 Å². The SMILES string of the molecule is Cc1cc(CCN(C)C2CCNCC2)ccc1F. The molecular weight excluding hydrogens is 227 g/mol. The summed E-state index contributed by atoms with van der Waals surface area (Å²) in [5.41, 5.74) is 1.98. The number of halogens is 1. The highest BCUT2D eigenvalue weighted by molar-refractivity contribution is 5.24. The third-order valence-corrected chi connectivity index (χ3v) is 3.91. The molecule has 1 aromatic carbocycles. The molecule has 1 aromatic rings. The van der Waals surface area contributed by atoms with E-state index in [0.29, 0.717) is 6.04 Å². The number of aryl methyl sites for hydroxylation is 1. The van der Waals surface area contributed by atoms with Crippen LogP contribution in [0.3, 0.4) is 0 Å².